The van der Waals surface area contributed by atoms with Gasteiger partial charge in [-0.2, -0.15) is 4.98 Å². The molecule has 1 aromatic carbocycles. The average molecular weight is 601 g/mol. The molecule has 5 aromatic rings. The third-order valence-corrected chi connectivity index (χ3v) is 8.89. The van der Waals surface area contributed by atoms with E-state index in [1.807, 2.05) is 12.1 Å². The first-order valence-corrected chi connectivity index (χ1v) is 15.2. The van der Waals surface area contributed by atoms with Crippen LogP contribution in [-0.2, 0) is 11.3 Å². The van der Waals surface area contributed by atoms with Crippen LogP contribution in [0, 0.1) is 11.8 Å². The van der Waals surface area contributed by atoms with E-state index in [0.29, 0.717) is 41.0 Å². The maximum atomic E-state index is 11.8. The van der Waals surface area contributed by atoms with Gasteiger partial charge in [-0.1, -0.05) is 66.9 Å². The zero-order valence-electron chi connectivity index (χ0n) is 24.1. The van der Waals surface area contributed by atoms with Crippen molar-refractivity contribution in [3.63, 3.8) is 0 Å². The summed E-state index contributed by atoms with van der Waals surface area (Å²) in [5.41, 5.74) is 3.77. The average Bonchev–Trinajstić information content (AvgIpc) is 3.61. The largest absolute Gasteiger partial charge is 0.439 e. The molecule has 2 aliphatic rings. The molecule has 1 saturated heterocycles. The van der Waals surface area contributed by atoms with E-state index in [1.54, 1.807) is 12.4 Å². The second kappa shape index (κ2) is 11.5. The van der Waals surface area contributed by atoms with Crippen LogP contribution in [0.15, 0.2) is 58.1 Å². The summed E-state index contributed by atoms with van der Waals surface area (Å²) in [7, 11) is 0. The Balaban J connectivity index is 1.46. The normalized spacial score (nSPS) is 22.7. The SMILES string of the molecule is C[C@@H]1OCCN(c2nc3nc(-c4noc(=O)[nH]4)nc(-c4cncc(Cl)c4)c3n2C[C@H]2CC[C@H](C)CC2)[C@@H]1c1ccccc1. The number of aromatic amines is 1. The summed E-state index contributed by atoms with van der Waals surface area (Å²) >= 11 is 6.42. The molecule has 0 amide bonds. The van der Waals surface area contributed by atoms with E-state index < -0.39 is 5.76 Å². The lowest BCUT2D eigenvalue weighted by Crippen LogP contribution is -2.45. The number of hydrogen-bond acceptors (Lipinski definition) is 9. The number of nitrogens with zero attached hydrogens (tertiary/aromatic N) is 7. The van der Waals surface area contributed by atoms with Crippen LogP contribution in [-0.4, -0.2) is 53.9 Å². The van der Waals surface area contributed by atoms with Crippen molar-refractivity contribution in [1.82, 2.24) is 34.6 Å². The molecule has 1 aliphatic heterocycles. The number of hydrogen-bond donors (Lipinski definition) is 1. The van der Waals surface area contributed by atoms with Crippen LogP contribution in [0.5, 0.6) is 0 Å². The number of fused-ring (bicyclic) bond motifs is 1. The van der Waals surface area contributed by atoms with E-state index in [-0.39, 0.29) is 23.8 Å². The third kappa shape index (κ3) is 5.43. The van der Waals surface area contributed by atoms with E-state index in [4.69, 9.17) is 35.8 Å². The van der Waals surface area contributed by atoms with Crippen LogP contribution < -0.4 is 10.7 Å². The Morgan fingerprint density at radius 2 is 1.86 bits per heavy atom. The fraction of sp³-hybridized carbons (Fsp3) is 0.419. The molecule has 12 heteroatoms. The molecule has 4 aromatic heterocycles. The van der Waals surface area contributed by atoms with Crippen molar-refractivity contribution >= 4 is 28.7 Å². The van der Waals surface area contributed by atoms with Gasteiger partial charge in [0.05, 0.1) is 23.8 Å². The molecule has 7 rings (SSSR count). The minimum Gasteiger partial charge on any atom is -0.374 e. The quantitative estimate of drug-likeness (QED) is 0.262. The van der Waals surface area contributed by atoms with Crippen molar-refractivity contribution in [2.24, 2.45) is 11.8 Å². The zero-order valence-corrected chi connectivity index (χ0v) is 24.9. The number of pyridine rings is 1. The molecule has 2 atom stereocenters. The van der Waals surface area contributed by atoms with Crippen LogP contribution in [0.2, 0.25) is 5.02 Å². The second-order valence-electron chi connectivity index (χ2n) is 11.7. The number of H-pyrrole nitrogens is 1. The molecule has 0 bridgehead atoms. The molecule has 0 radical (unpaired) electrons. The Morgan fingerprint density at radius 1 is 1.05 bits per heavy atom. The number of halogens is 1. The van der Waals surface area contributed by atoms with Crippen LogP contribution in [0.4, 0.5) is 5.95 Å². The number of ether oxygens (including phenoxy) is 1. The summed E-state index contributed by atoms with van der Waals surface area (Å²) in [6.07, 6.45) is 7.97. The van der Waals surface area contributed by atoms with Crippen LogP contribution in [0.25, 0.3) is 34.1 Å². The predicted octanol–water partition coefficient (Wildman–Crippen LogP) is 5.68. The summed E-state index contributed by atoms with van der Waals surface area (Å²) in [6, 6.07) is 12.2. The molecule has 1 aliphatic carbocycles. The summed E-state index contributed by atoms with van der Waals surface area (Å²) < 4.78 is 13.2. The number of nitrogens with one attached hydrogen (secondary N) is 1. The van der Waals surface area contributed by atoms with E-state index in [9.17, 15) is 4.79 Å². The second-order valence-corrected chi connectivity index (χ2v) is 12.1. The zero-order chi connectivity index (χ0) is 29.5. The highest BCUT2D eigenvalue weighted by molar-refractivity contribution is 6.30. The van der Waals surface area contributed by atoms with Gasteiger partial charge in [-0.25, -0.2) is 14.8 Å². The van der Waals surface area contributed by atoms with Crippen LogP contribution >= 0.6 is 11.6 Å². The first-order chi connectivity index (χ1) is 20.9. The first-order valence-electron chi connectivity index (χ1n) is 14.8. The van der Waals surface area contributed by atoms with Crippen LogP contribution in [0.3, 0.4) is 0 Å². The molecular weight excluding hydrogens is 568 g/mol. The number of benzene rings is 1. The Kier molecular flexibility index (Phi) is 7.44. The van der Waals surface area contributed by atoms with Crippen molar-refractivity contribution in [3.05, 3.63) is 69.9 Å². The molecule has 0 spiro atoms. The standard InChI is InChI=1S/C31H33ClN8O3/c1-18-8-10-20(11-9-18)17-40-26-24(22-14-23(32)16-33-15-22)34-28(29-37-31(41)43-38-29)35-27(26)36-30(40)39-12-13-42-19(2)25(39)21-6-4-3-5-7-21/h3-7,14-16,18-20,25H,8-13,17H2,1-2H3,(H,37,38,41)/t18-,19-,20-,25-/m0/s1. The van der Waals surface area contributed by atoms with Crippen molar-refractivity contribution in [1.29, 1.82) is 0 Å². The highest BCUT2D eigenvalue weighted by Crippen LogP contribution is 2.39. The molecule has 2 fully saturated rings. The Labute approximate surface area is 253 Å². The predicted molar refractivity (Wildman–Crippen MR) is 163 cm³/mol. The van der Waals surface area contributed by atoms with Crippen molar-refractivity contribution in [2.45, 2.75) is 58.2 Å². The minimum atomic E-state index is -0.685. The Hall–Kier alpha value is -4.09. The number of morpholine rings is 1. The lowest BCUT2D eigenvalue weighted by atomic mass is 9.83. The Morgan fingerprint density at radius 3 is 2.60 bits per heavy atom. The smallest absolute Gasteiger partial charge is 0.374 e. The lowest BCUT2D eigenvalue weighted by molar-refractivity contribution is 0.0221. The van der Waals surface area contributed by atoms with Gasteiger partial charge in [0.1, 0.15) is 11.2 Å². The first kappa shape index (κ1) is 27.7. The molecule has 222 valence electrons. The maximum Gasteiger partial charge on any atom is 0.439 e. The Bertz CT molecular complexity index is 1790. The third-order valence-electron chi connectivity index (χ3n) is 8.68. The number of anilines is 1. The molecular formula is C31H33ClN8O3. The lowest BCUT2D eigenvalue weighted by Gasteiger charge is -2.41. The maximum absolute atomic E-state index is 11.8. The van der Waals surface area contributed by atoms with Gasteiger partial charge in [-0.05, 0) is 43.2 Å². The summed E-state index contributed by atoms with van der Waals surface area (Å²) in [5.74, 6) is 1.68. The molecule has 1 saturated carbocycles. The van der Waals surface area contributed by atoms with Crippen LogP contribution in [0.1, 0.15) is 51.1 Å². The summed E-state index contributed by atoms with van der Waals surface area (Å²) in [5, 5.41) is 4.34. The number of aromatic nitrogens is 7. The molecule has 0 unspecified atom stereocenters. The van der Waals surface area contributed by atoms with Gasteiger partial charge in [0.2, 0.25) is 17.6 Å². The van der Waals surface area contributed by atoms with Gasteiger partial charge < -0.3 is 14.2 Å². The number of rotatable bonds is 6. The molecule has 11 nitrogen and oxygen atoms in total. The van der Waals surface area contributed by atoms with Crippen molar-refractivity contribution < 1.29 is 9.26 Å². The van der Waals surface area contributed by atoms with Gasteiger partial charge in [0.15, 0.2) is 5.65 Å². The fourth-order valence-corrected chi connectivity index (χ4v) is 6.68. The van der Waals surface area contributed by atoms with Gasteiger partial charge in [-0.3, -0.25) is 14.5 Å². The highest BCUT2D eigenvalue weighted by atomic mass is 35.5. The van der Waals surface area contributed by atoms with Gasteiger partial charge >= 0.3 is 5.76 Å². The summed E-state index contributed by atoms with van der Waals surface area (Å²) in [4.78, 5) is 36.0. The molecule has 43 heavy (non-hydrogen) atoms. The van der Waals surface area contributed by atoms with Gasteiger partial charge in [0.25, 0.3) is 0 Å². The number of imidazole rings is 1. The van der Waals surface area contributed by atoms with E-state index in [0.717, 1.165) is 42.3 Å². The van der Waals surface area contributed by atoms with E-state index in [2.05, 4.69) is 62.7 Å². The van der Waals surface area contributed by atoms with Gasteiger partial charge in [-0.15, -0.1) is 0 Å². The monoisotopic (exact) mass is 600 g/mol. The van der Waals surface area contributed by atoms with Crippen molar-refractivity contribution in [3.8, 4) is 22.9 Å². The van der Waals surface area contributed by atoms with Crippen molar-refractivity contribution in [2.75, 3.05) is 18.1 Å². The van der Waals surface area contributed by atoms with E-state index >= 15 is 0 Å². The summed E-state index contributed by atoms with van der Waals surface area (Å²) in [6.45, 7) is 6.47. The van der Waals surface area contributed by atoms with E-state index in [1.165, 1.54) is 12.8 Å². The minimum absolute atomic E-state index is 0.0486. The molecule has 5 heterocycles. The fourth-order valence-electron chi connectivity index (χ4n) is 6.51. The topological polar surface area (TPSA) is 128 Å². The molecule has 1 N–H and O–H groups in total. The highest BCUT2D eigenvalue weighted by Gasteiger charge is 2.35. The van der Waals surface area contributed by atoms with Gasteiger partial charge in [0, 0.05) is 31.0 Å².